The Kier molecular flexibility index (Phi) is 4.18. The minimum Gasteiger partial charge on any atom is -0.347 e. The van der Waals surface area contributed by atoms with E-state index in [1.165, 1.54) is 40.8 Å². The Bertz CT molecular complexity index is 738. The van der Waals surface area contributed by atoms with Crippen molar-refractivity contribution in [1.82, 2.24) is 14.3 Å². The summed E-state index contributed by atoms with van der Waals surface area (Å²) in [6.45, 7) is 1.13. The largest absolute Gasteiger partial charge is 0.347 e. The minimum absolute atomic E-state index is 0.417. The molecule has 2 aromatic carbocycles. The van der Waals surface area contributed by atoms with Crippen LogP contribution in [-0.2, 0) is 11.9 Å². The Morgan fingerprint density at radius 3 is 2.52 bits per heavy atom. The Balaban J connectivity index is 1.49. The van der Waals surface area contributed by atoms with E-state index >= 15 is 0 Å². The van der Waals surface area contributed by atoms with Gasteiger partial charge in [0.1, 0.15) is 11.9 Å². The van der Waals surface area contributed by atoms with Crippen LogP contribution >= 0.6 is 0 Å². The molecule has 1 aliphatic heterocycles. The highest BCUT2D eigenvalue weighted by Gasteiger charge is 2.33. The number of aromatic amines is 1. The van der Waals surface area contributed by atoms with E-state index in [4.69, 9.17) is 0 Å². The Morgan fingerprint density at radius 1 is 1.00 bits per heavy atom. The molecule has 1 fully saturated rings. The molecule has 0 radical (unpaired) electrons. The van der Waals surface area contributed by atoms with E-state index in [2.05, 4.69) is 68.9 Å². The zero-order chi connectivity index (χ0) is 15.5. The molecule has 1 saturated heterocycles. The Morgan fingerprint density at radius 2 is 1.78 bits per heavy atom. The summed E-state index contributed by atoms with van der Waals surface area (Å²) in [4.78, 5) is 9.05. The van der Waals surface area contributed by atoms with Gasteiger partial charge in [-0.05, 0) is 48.2 Å². The molecule has 1 N–H and O–H groups in total. The van der Waals surface area contributed by atoms with Gasteiger partial charge in [0, 0.05) is 18.9 Å². The van der Waals surface area contributed by atoms with Crippen molar-refractivity contribution < 1.29 is 0 Å². The number of H-pyrrole nitrogens is 1. The first-order valence-electron chi connectivity index (χ1n) is 8.03. The van der Waals surface area contributed by atoms with Gasteiger partial charge in [-0.25, -0.2) is 4.98 Å². The summed E-state index contributed by atoms with van der Waals surface area (Å²) in [5, 5.41) is 0. The van der Waals surface area contributed by atoms with Gasteiger partial charge in [0.25, 0.3) is 0 Å². The van der Waals surface area contributed by atoms with Gasteiger partial charge in [0.15, 0.2) is 4.90 Å². The standard InChI is InChI=1S/C19H19N3S/c1-2-5-15(6-3-1)16-8-10-17(11-9-16)23-22-14-4-7-18(22)19-20-12-13-21-19/h1-3,5-6,8-13,18H,4,7,14H2,(H,20,21)/p+1/t18-/m0/s1. The van der Waals surface area contributed by atoms with Crippen molar-refractivity contribution in [2.75, 3.05) is 6.54 Å². The van der Waals surface area contributed by atoms with Crippen LogP contribution in [0.1, 0.15) is 24.7 Å². The van der Waals surface area contributed by atoms with Crippen LogP contribution < -0.4 is 0 Å². The zero-order valence-corrected chi connectivity index (χ0v) is 13.8. The van der Waals surface area contributed by atoms with Crippen molar-refractivity contribution in [3.63, 3.8) is 0 Å². The molecule has 1 atom stereocenters. The van der Waals surface area contributed by atoms with Gasteiger partial charge in [-0.2, -0.15) is 0 Å². The van der Waals surface area contributed by atoms with Crippen LogP contribution in [0, 0.1) is 0 Å². The number of imidazole rings is 1. The smallest absolute Gasteiger partial charge is 0.173 e. The fourth-order valence-electron chi connectivity index (χ4n) is 3.11. The van der Waals surface area contributed by atoms with E-state index in [1.54, 1.807) is 0 Å². The molecular weight excluding hydrogens is 302 g/mol. The van der Waals surface area contributed by atoms with Gasteiger partial charge in [0.2, 0.25) is 0 Å². The maximum atomic E-state index is 4.44. The Hall–Kier alpha value is -2.04. The predicted molar refractivity (Wildman–Crippen MR) is 96.2 cm³/mol. The number of rotatable bonds is 4. The first-order chi connectivity index (χ1) is 11.4. The summed E-state index contributed by atoms with van der Waals surface area (Å²) in [5.74, 6) is 1.09. The summed E-state index contributed by atoms with van der Waals surface area (Å²) >= 11 is 1.27. The number of hydrogen-bond acceptors (Lipinski definition) is 2. The summed E-state index contributed by atoms with van der Waals surface area (Å²) in [6, 6.07) is 19.9. The minimum atomic E-state index is 0.417. The average molecular weight is 322 g/mol. The van der Waals surface area contributed by atoms with Crippen molar-refractivity contribution in [2.24, 2.45) is 0 Å². The van der Waals surface area contributed by atoms with E-state index in [0.717, 1.165) is 12.4 Å². The number of nitrogens with zero attached hydrogens (tertiary/aromatic N) is 2. The van der Waals surface area contributed by atoms with Crippen LogP contribution in [0.4, 0.5) is 0 Å². The number of aromatic nitrogens is 2. The molecule has 4 rings (SSSR count). The Labute approximate surface area is 140 Å². The van der Waals surface area contributed by atoms with Gasteiger partial charge >= 0.3 is 0 Å². The lowest BCUT2D eigenvalue weighted by Gasteiger charge is -2.14. The quantitative estimate of drug-likeness (QED) is 0.581. The fourth-order valence-corrected chi connectivity index (χ4v) is 4.29. The first kappa shape index (κ1) is 14.5. The van der Waals surface area contributed by atoms with Crippen LogP contribution in [-0.4, -0.2) is 20.8 Å². The monoisotopic (exact) mass is 322 g/mol. The van der Waals surface area contributed by atoms with Gasteiger partial charge in [-0.1, -0.05) is 30.3 Å². The van der Waals surface area contributed by atoms with Crippen molar-refractivity contribution in [2.45, 2.75) is 23.8 Å². The van der Waals surface area contributed by atoms with Crippen LogP contribution in [0.25, 0.3) is 11.1 Å². The second kappa shape index (κ2) is 6.60. The highest BCUT2D eigenvalue weighted by molar-refractivity contribution is 7.76. The molecule has 116 valence electrons. The van der Waals surface area contributed by atoms with E-state index in [0.29, 0.717) is 6.04 Å². The van der Waals surface area contributed by atoms with Crippen molar-refractivity contribution in [3.05, 3.63) is 72.8 Å². The van der Waals surface area contributed by atoms with E-state index in [9.17, 15) is 0 Å². The van der Waals surface area contributed by atoms with E-state index in [-0.39, 0.29) is 0 Å². The molecule has 0 unspecified atom stereocenters. The van der Waals surface area contributed by atoms with E-state index in [1.807, 2.05) is 12.4 Å². The molecule has 1 aromatic heterocycles. The number of benzene rings is 2. The molecule has 0 aliphatic carbocycles. The highest BCUT2D eigenvalue weighted by Crippen LogP contribution is 2.32. The summed E-state index contributed by atoms with van der Waals surface area (Å²) in [6.07, 6.45) is 6.18. The molecule has 3 nitrogen and oxygen atoms in total. The molecule has 2 heterocycles. The zero-order valence-electron chi connectivity index (χ0n) is 12.9. The van der Waals surface area contributed by atoms with Crippen LogP contribution in [0.3, 0.4) is 0 Å². The summed E-state index contributed by atoms with van der Waals surface area (Å²) in [7, 11) is 0. The van der Waals surface area contributed by atoms with E-state index < -0.39 is 0 Å². The maximum absolute atomic E-state index is 4.44. The third kappa shape index (κ3) is 3.19. The third-order valence-corrected chi connectivity index (χ3v) is 5.54. The SMILES string of the molecule is c1ccc(-c2ccc([SH+]N3CCC[C@H]3c3ncc[nH]3)cc2)cc1. The molecule has 23 heavy (non-hydrogen) atoms. The second-order valence-corrected chi connectivity index (χ2v) is 7.04. The first-order valence-corrected chi connectivity index (χ1v) is 8.88. The summed E-state index contributed by atoms with van der Waals surface area (Å²) in [5.41, 5.74) is 2.54. The van der Waals surface area contributed by atoms with Crippen molar-refractivity contribution in [3.8, 4) is 11.1 Å². The lowest BCUT2D eigenvalue weighted by atomic mass is 10.1. The second-order valence-electron chi connectivity index (χ2n) is 5.81. The molecule has 0 amide bonds. The number of thiol groups is 1. The van der Waals surface area contributed by atoms with Gasteiger partial charge < -0.3 is 4.98 Å². The number of hydrogen-bond donors (Lipinski definition) is 1. The number of nitrogens with one attached hydrogen (secondary N) is 1. The van der Waals surface area contributed by atoms with Gasteiger partial charge in [-0.15, -0.1) is 4.31 Å². The molecular formula is C19H20N3S+. The molecule has 0 saturated carbocycles. The fraction of sp³-hybridized carbons (Fsp3) is 0.211. The lowest BCUT2D eigenvalue weighted by molar-refractivity contribution is 0.432. The summed E-state index contributed by atoms with van der Waals surface area (Å²) < 4.78 is 2.50. The maximum Gasteiger partial charge on any atom is 0.173 e. The van der Waals surface area contributed by atoms with Gasteiger partial charge in [0.05, 0.1) is 11.9 Å². The normalized spacial score (nSPS) is 18.3. The van der Waals surface area contributed by atoms with Crippen LogP contribution in [0.2, 0.25) is 0 Å². The van der Waals surface area contributed by atoms with Crippen molar-refractivity contribution >= 4 is 11.9 Å². The molecule has 0 bridgehead atoms. The highest BCUT2D eigenvalue weighted by atomic mass is 32.2. The van der Waals surface area contributed by atoms with Gasteiger partial charge in [-0.3, -0.25) is 0 Å². The average Bonchev–Trinajstić information content (AvgIpc) is 3.27. The van der Waals surface area contributed by atoms with Crippen LogP contribution in [0.15, 0.2) is 71.9 Å². The van der Waals surface area contributed by atoms with Crippen LogP contribution in [0.5, 0.6) is 0 Å². The molecule has 1 aliphatic rings. The molecule has 3 aromatic rings. The third-order valence-electron chi connectivity index (χ3n) is 4.28. The van der Waals surface area contributed by atoms with Crippen molar-refractivity contribution in [1.29, 1.82) is 0 Å². The predicted octanol–water partition coefficient (Wildman–Crippen LogP) is 4.00. The molecule has 0 spiro atoms. The topological polar surface area (TPSA) is 31.9 Å². The molecule has 4 heteroatoms. The lowest BCUT2D eigenvalue weighted by Crippen LogP contribution is -2.22.